The third-order valence-corrected chi connectivity index (χ3v) is 6.69. The van der Waals surface area contributed by atoms with Gasteiger partial charge in [0, 0.05) is 19.6 Å². The van der Waals surface area contributed by atoms with Gasteiger partial charge in [-0.15, -0.1) is 12.4 Å². The summed E-state index contributed by atoms with van der Waals surface area (Å²) in [5, 5.41) is 29.8. The van der Waals surface area contributed by atoms with Gasteiger partial charge < -0.3 is 21.5 Å². The second-order valence-electron chi connectivity index (χ2n) is 7.46. The first-order valence-electron chi connectivity index (χ1n) is 9.92. The van der Waals surface area contributed by atoms with Crippen LogP contribution in [0.4, 0.5) is 5.82 Å². The van der Waals surface area contributed by atoms with Crippen molar-refractivity contribution in [1.29, 1.82) is 10.5 Å². The number of aromatic nitrogens is 1. The molecular weight excluding hydrogens is 448 g/mol. The summed E-state index contributed by atoms with van der Waals surface area (Å²) in [4.78, 5) is 18.7. The van der Waals surface area contributed by atoms with Gasteiger partial charge >= 0.3 is 0 Å². The molecule has 1 aromatic carbocycles. The summed E-state index contributed by atoms with van der Waals surface area (Å²) >= 11 is 1.10. The number of amides is 1. The molecule has 168 valence electrons. The predicted molar refractivity (Wildman–Crippen MR) is 125 cm³/mol. The zero-order chi connectivity index (χ0) is 22.6. The van der Waals surface area contributed by atoms with Crippen LogP contribution in [0.5, 0.6) is 0 Å². The van der Waals surface area contributed by atoms with Crippen molar-refractivity contribution in [3.05, 3.63) is 52.6 Å². The van der Waals surface area contributed by atoms with Crippen molar-refractivity contribution >= 4 is 35.9 Å². The summed E-state index contributed by atoms with van der Waals surface area (Å²) < 4.78 is 0. The van der Waals surface area contributed by atoms with Gasteiger partial charge in [-0.3, -0.25) is 4.79 Å². The Bertz CT molecular complexity index is 1070. The predicted octanol–water partition coefficient (Wildman–Crippen LogP) is 2.03. The average molecular weight is 473 g/mol. The molecule has 0 saturated carbocycles. The molecule has 1 unspecified atom stereocenters. The van der Waals surface area contributed by atoms with E-state index in [9.17, 15) is 20.4 Å². The highest BCUT2D eigenvalue weighted by Crippen LogP contribution is 2.40. The second-order valence-corrected chi connectivity index (χ2v) is 8.55. The standard InChI is InChI=1S/C22H24N6O2S.ClH/c1-2-15-16(10-23)20(28-9-8-22(30,12-25)13-28)27-21(17(15)11-24)31-18(19(26)29)14-6-4-3-5-7-14;/h3-7,18,30H,2,8-9,12-13,25H2,1H3,(H2,26,29);1H/t18?,22-;/m1./s1. The molecule has 1 saturated heterocycles. The molecule has 1 amide bonds. The Morgan fingerprint density at radius 3 is 2.47 bits per heavy atom. The number of nitrogens with two attached hydrogens (primary N) is 2. The molecule has 3 rings (SSSR count). The number of pyridine rings is 1. The Hall–Kier alpha value is -2.82. The van der Waals surface area contributed by atoms with Gasteiger partial charge in [0.15, 0.2) is 0 Å². The van der Waals surface area contributed by atoms with E-state index < -0.39 is 16.8 Å². The smallest absolute Gasteiger partial charge is 0.235 e. The molecule has 10 heteroatoms. The Kier molecular flexibility index (Phi) is 8.48. The van der Waals surface area contributed by atoms with Crippen LogP contribution in [0.2, 0.25) is 0 Å². The molecule has 2 aromatic rings. The van der Waals surface area contributed by atoms with E-state index >= 15 is 0 Å². The highest BCUT2D eigenvalue weighted by Gasteiger charge is 2.37. The Labute approximate surface area is 197 Å². The summed E-state index contributed by atoms with van der Waals surface area (Å²) in [5.74, 6) is -0.161. The third kappa shape index (κ3) is 4.98. The number of carbonyl (C=O) groups excluding carboxylic acids is 1. The molecule has 1 fully saturated rings. The maximum Gasteiger partial charge on any atom is 0.235 e. The van der Waals surface area contributed by atoms with Crippen LogP contribution in [0.15, 0.2) is 35.4 Å². The lowest BCUT2D eigenvalue weighted by atomic mass is 10.0. The van der Waals surface area contributed by atoms with Gasteiger partial charge in [0.25, 0.3) is 0 Å². The third-order valence-electron chi connectivity index (χ3n) is 5.43. The number of benzene rings is 1. The number of nitriles is 2. The van der Waals surface area contributed by atoms with Gasteiger partial charge in [-0.1, -0.05) is 49.0 Å². The summed E-state index contributed by atoms with van der Waals surface area (Å²) in [7, 11) is 0. The SMILES string of the molecule is CCc1c(C#N)c(SC(C(N)=O)c2ccccc2)nc(N2CC[C@@](O)(CN)C2)c1C#N.Cl. The van der Waals surface area contributed by atoms with Crippen LogP contribution in [-0.4, -0.2) is 41.2 Å². The van der Waals surface area contributed by atoms with E-state index in [1.54, 1.807) is 12.1 Å². The second kappa shape index (κ2) is 10.7. The van der Waals surface area contributed by atoms with Gasteiger partial charge in [0.05, 0.1) is 16.7 Å². The van der Waals surface area contributed by atoms with E-state index in [-0.39, 0.29) is 31.1 Å². The lowest BCUT2D eigenvalue weighted by Crippen LogP contribution is -2.40. The summed E-state index contributed by atoms with van der Waals surface area (Å²) in [5.41, 5.74) is 12.2. The highest BCUT2D eigenvalue weighted by atomic mass is 35.5. The fourth-order valence-electron chi connectivity index (χ4n) is 3.73. The van der Waals surface area contributed by atoms with E-state index in [4.69, 9.17) is 11.5 Å². The van der Waals surface area contributed by atoms with Crippen molar-refractivity contribution in [2.75, 3.05) is 24.5 Å². The van der Waals surface area contributed by atoms with Crippen molar-refractivity contribution in [2.45, 2.75) is 35.6 Å². The largest absolute Gasteiger partial charge is 0.387 e. The minimum absolute atomic E-state index is 0. The maximum atomic E-state index is 12.2. The maximum absolute atomic E-state index is 12.2. The number of nitrogens with zero attached hydrogens (tertiary/aromatic N) is 4. The Morgan fingerprint density at radius 2 is 1.97 bits per heavy atom. The van der Waals surface area contributed by atoms with E-state index in [1.807, 2.05) is 30.0 Å². The lowest BCUT2D eigenvalue weighted by molar-refractivity contribution is -0.117. The van der Waals surface area contributed by atoms with Gasteiger partial charge in [0.2, 0.25) is 5.91 Å². The Morgan fingerprint density at radius 1 is 1.31 bits per heavy atom. The molecule has 1 aromatic heterocycles. The fraction of sp³-hybridized carbons (Fsp3) is 0.364. The number of hydrogen-bond donors (Lipinski definition) is 3. The van der Waals surface area contributed by atoms with Crippen LogP contribution in [0.25, 0.3) is 0 Å². The van der Waals surface area contributed by atoms with Crippen LogP contribution in [-0.2, 0) is 11.2 Å². The van der Waals surface area contributed by atoms with Crippen molar-refractivity contribution in [2.24, 2.45) is 11.5 Å². The quantitative estimate of drug-likeness (QED) is 0.517. The van der Waals surface area contributed by atoms with Crippen LogP contribution in [0.3, 0.4) is 0 Å². The molecule has 1 aliphatic heterocycles. The highest BCUT2D eigenvalue weighted by molar-refractivity contribution is 8.00. The van der Waals surface area contributed by atoms with E-state index in [0.717, 1.165) is 11.8 Å². The van der Waals surface area contributed by atoms with E-state index in [2.05, 4.69) is 17.1 Å². The monoisotopic (exact) mass is 472 g/mol. The van der Waals surface area contributed by atoms with Crippen LogP contribution < -0.4 is 16.4 Å². The fourth-order valence-corrected chi connectivity index (χ4v) is 4.79. The van der Waals surface area contributed by atoms with Crippen molar-refractivity contribution in [3.63, 3.8) is 0 Å². The van der Waals surface area contributed by atoms with Crippen molar-refractivity contribution in [1.82, 2.24) is 4.98 Å². The lowest BCUT2D eigenvalue weighted by Gasteiger charge is -2.25. The minimum Gasteiger partial charge on any atom is -0.387 e. The molecule has 8 nitrogen and oxygen atoms in total. The first-order valence-corrected chi connectivity index (χ1v) is 10.8. The number of halogens is 1. The number of β-amino-alcohol motifs (C(OH)–C–C–N with tert-alkyl or cyclic N) is 1. The van der Waals surface area contributed by atoms with Gasteiger partial charge in [-0.2, -0.15) is 10.5 Å². The Balaban J connectivity index is 0.00000363. The molecule has 0 radical (unpaired) electrons. The number of rotatable bonds is 7. The number of anilines is 1. The van der Waals surface area contributed by atoms with E-state index in [1.165, 1.54) is 0 Å². The normalized spacial score (nSPS) is 18.3. The summed E-state index contributed by atoms with van der Waals surface area (Å²) in [6.45, 7) is 2.68. The van der Waals surface area contributed by atoms with Gasteiger partial charge in [0.1, 0.15) is 28.2 Å². The first kappa shape index (κ1) is 25.4. The van der Waals surface area contributed by atoms with Crippen LogP contribution in [0, 0.1) is 22.7 Å². The molecule has 32 heavy (non-hydrogen) atoms. The van der Waals surface area contributed by atoms with Crippen molar-refractivity contribution in [3.8, 4) is 12.1 Å². The topological polar surface area (TPSA) is 153 Å². The van der Waals surface area contributed by atoms with Gasteiger partial charge in [-0.05, 0) is 24.0 Å². The molecule has 1 aliphatic rings. The molecule has 0 spiro atoms. The van der Waals surface area contributed by atoms with Crippen molar-refractivity contribution < 1.29 is 9.90 Å². The average Bonchev–Trinajstić information content (AvgIpc) is 3.19. The molecule has 0 bridgehead atoms. The van der Waals surface area contributed by atoms with Crippen LogP contribution >= 0.6 is 24.2 Å². The molecule has 2 atom stereocenters. The molecule has 0 aliphatic carbocycles. The number of carbonyl (C=O) groups is 1. The molecule has 5 N–H and O–H groups in total. The van der Waals surface area contributed by atoms with E-state index in [0.29, 0.717) is 46.9 Å². The van der Waals surface area contributed by atoms with Gasteiger partial charge in [-0.25, -0.2) is 4.98 Å². The van der Waals surface area contributed by atoms with Crippen LogP contribution in [0.1, 0.15) is 40.8 Å². The number of primary amides is 1. The minimum atomic E-state index is -1.05. The first-order chi connectivity index (χ1) is 14.9. The zero-order valence-electron chi connectivity index (χ0n) is 17.6. The summed E-state index contributed by atoms with van der Waals surface area (Å²) in [6, 6.07) is 13.4. The summed E-state index contributed by atoms with van der Waals surface area (Å²) in [6.07, 6.45) is 0.893. The zero-order valence-corrected chi connectivity index (χ0v) is 19.2. The molecular formula is C22H25ClN6O2S. The number of hydrogen-bond acceptors (Lipinski definition) is 8. The number of thioether (sulfide) groups is 1. The molecule has 2 heterocycles. The number of aliphatic hydroxyl groups is 1.